The van der Waals surface area contributed by atoms with Crippen LogP contribution in [0.4, 0.5) is 4.39 Å². The summed E-state index contributed by atoms with van der Waals surface area (Å²) < 4.78 is 23.0. The van der Waals surface area contributed by atoms with Crippen LogP contribution < -0.4 is 10.4 Å². The van der Waals surface area contributed by atoms with Crippen molar-refractivity contribution in [1.82, 2.24) is 29.1 Å². The maximum Gasteiger partial charge on any atom is 0.328 e. The van der Waals surface area contributed by atoms with Crippen LogP contribution in [-0.2, 0) is 0 Å². The number of rotatable bonds is 2. The van der Waals surface area contributed by atoms with Crippen molar-refractivity contribution in [2.24, 2.45) is 0 Å². The topological polar surface area (TPSA) is 90.6 Å². The predicted molar refractivity (Wildman–Crippen MR) is 112 cm³/mol. The minimum absolute atomic E-state index is 0.171. The quantitative estimate of drug-likeness (QED) is 0.456. The largest absolute Gasteiger partial charge is 0.490 e. The summed E-state index contributed by atoms with van der Waals surface area (Å²) >= 11 is 6.15. The van der Waals surface area contributed by atoms with E-state index in [1.807, 2.05) is 6.07 Å². The fraction of sp³-hybridized carbons (Fsp3) is 0.143. The number of nitrogens with zero attached hydrogens (tertiary/aromatic N) is 5. The molecule has 1 aliphatic heterocycles. The summed E-state index contributed by atoms with van der Waals surface area (Å²) in [6.45, 7) is 0.292. The highest BCUT2D eigenvalue weighted by Gasteiger charge is 2.28. The normalized spacial score (nSPS) is 15.9. The second-order valence-electron chi connectivity index (χ2n) is 7.27. The molecule has 4 heterocycles. The Morgan fingerprint density at radius 2 is 2.13 bits per heavy atom. The van der Waals surface area contributed by atoms with E-state index >= 15 is 0 Å². The second-order valence-corrected chi connectivity index (χ2v) is 7.70. The molecule has 1 N–H and O–H groups in total. The van der Waals surface area contributed by atoms with Crippen LogP contribution in [0.25, 0.3) is 28.1 Å². The van der Waals surface area contributed by atoms with Gasteiger partial charge in [-0.1, -0.05) is 23.7 Å². The number of H-pyrrole nitrogens is 1. The molecular formula is C21H14ClFN6O2. The van der Waals surface area contributed by atoms with Gasteiger partial charge in [-0.25, -0.2) is 19.2 Å². The smallest absolute Gasteiger partial charge is 0.328 e. The van der Waals surface area contributed by atoms with Gasteiger partial charge >= 0.3 is 5.69 Å². The number of benzene rings is 2. The van der Waals surface area contributed by atoms with Crippen LogP contribution in [0.15, 0.2) is 53.7 Å². The molecule has 0 aliphatic carbocycles. The SMILES string of the molecule is O=c1[nH]c2cnc(-n3cnc4ccc(Cl)cc43)nc2n1[C@@H]1CCOc2c(F)cccc21. The molecule has 3 aromatic heterocycles. The van der Waals surface area contributed by atoms with Crippen LogP contribution in [0.3, 0.4) is 0 Å². The summed E-state index contributed by atoms with van der Waals surface area (Å²) in [6.07, 6.45) is 3.67. The van der Waals surface area contributed by atoms with Gasteiger partial charge in [0.1, 0.15) is 11.8 Å². The van der Waals surface area contributed by atoms with Crippen molar-refractivity contribution in [2.45, 2.75) is 12.5 Å². The Morgan fingerprint density at radius 1 is 1.23 bits per heavy atom. The third-order valence-corrected chi connectivity index (χ3v) is 5.71. The van der Waals surface area contributed by atoms with E-state index in [2.05, 4.69) is 19.9 Å². The fourth-order valence-electron chi connectivity index (χ4n) is 4.09. The summed E-state index contributed by atoms with van der Waals surface area (Å²) in [5.41, 5.74) is 2.65. The predicted octanol–water partition coefficient (Wildman–Crippen LogP) is 3.62. The zero-order valence-electron chi connectivity index (χ0n) is 15.9. The van der Waals surface area contributed by atoms with Crippen molar-refractivity contribution in [3.8, 4) is 11.7 Å². The average Bonchev–Trinajstić information content (AvgIpc) is 3.33. The Morgan fingerprint density at radius 3 is 3.03 bits per heavy atom. The zero-order chi connectivity index (χ0) is 21.1. The van der Waals surface area contributed by atoms with Gasteiger partial charge in [0.25, 0.3) is 0 Å². The highest BCUT2D eigenvalue weighted by molar-refractivity contribution is 6.31. The van der Waals surface area contributed by atoms with Crippen molar-refractivity contribution in [3.05, 3.63) is 75.8 Å². The van der Waals surface area contributed by atoms with Gasteiger partial charge in [0, 0.05) is 17.0 Å². The molecule has 1 atom stereocenters. The standard InChI is InChI=1S/C21H14ClFN6O2/c22-11-4-5-14-17(8-11)28(10-25-14)20-24-9-15-19(27-20)29(21(30)26-15)16-6-7-31-18-12(16)2-1-3-13(18)23/h1-5,8-10,16H,6-7H2,(H,26,30)/t16-/m1/s1. The van der Waals surface area contributed by atoms with Gasteiger partial charge in [-0.05, 0) is 24.3 Å². The monoisotopic (exact) mass is 436 g/mol. The van der Waals surface area contributed by atoms with Crippen LogP contribution in [0.2, 0.25) is 5.02 Å². The highest BCUT2D eigenvalue weighted by atomic mass is 35.5. The molecular weight excluding hydrogens is 423 g/mol. The Kier molecular flexibility index (Phi) is 3.87. The fourth-order valence-corrected chi connectivity index (χ4v) is 4.26. The molecule has 2 aromatic carbocycles. The van der Waals surface area contributed by atoms with Gasteiger partial charge in [0.05, 0.1) is 29.9 Å². The number of para-hydroxylation sites is 1. The summed E-state index contributed by atoms with van der Waals surface area (Å²) in [5.74, 6) is 0.0632. The number of aromatic nitrogens is 6. The summed E-state index contributed by atoms with van der Waals surface area (Å²) in [4.78, 5) is 29.1. The maximum absolute atomic E-state index is 14.3. The Balaban J connectivity index is 1.56. The number of aromatic amines is 1. The number of nitrogens with one attached hydrogen (secondary N) is 1. The third-order valence-electron chi connectivity index (χ3n) is 5.48. The number of fused-ring (bicyclic) bond motifs is 3. The number of halogens is 2. The highest BCUT2D eigenvalue weighted by Crippen LogP contribution is 2.36. The van der Waals surface area contributed by atoms with E-state index in [-0.39, 0.29) is 11.4 Å². The van der Waals surface area contributed by atoms with E-state index in [0.29, 0.717) is 40.7 Å². The first-order chi connectivity index (χ1) is 15.1. The van der Waals surface area contributed by atoms with Crippen LogP contribution in [0.5, 0.6) is 5.75 Å². The van der Waals surface area contributed by atoms with Crippen molar-refractivity contribution in [3.63, 3.8) is 0 Å². The molecule has 31 heavy (non-hydrogen) atoms. The van der Waals surface area contributed by atoms with Crippen molar-refractivity contribution < 1.29 is 9.13 Å². The Labute approximate surface area is 178 Å². The van der Waals surface area contributed by atoms with Gasteiger partial charge in [-0.2, -0.15) is 4.98 Å². The van der Waals surface area contributed by atoms with E-state index in [0.717, 1.165) is 11.0 Å². The van der Waals surface area contributed by atoms with Crippen LogP contribution in [-0.4, -0.2) is 35.7 Å². The summed E-state index contributed by atoms with van der Waals surface area (Å²) in [5, 5.41) is 0.565. The van der Waals surface area contributed by atoms with Crippen LogP contribution in [0, 0.1) is 5.82 Å². The lowest BCUT2D eigenvalue weighted by molar-refractivity contribution is 0.244. The number of ether oxygens (including phenoxy) is 1. The second kappa shape index (κ2) is 6.64. The van der Waals surface area contributed by atoms with Gasteiger partial charge < -0.3 is 9.72 Å². The molecule has 0 fully saturated rings. The first-order valence-electron chi connectivity index (χ1n) is 9.61. The third kappa shape index (κ3) is 2.73. The van der Waals surface area contributed by atoms with E-state index in [9.17, 15) is 9.18 Å². The molecule has 0 saturated heterocycles. The number of hydrogen-bond acceptors (Lipinski definition) is 5. The van der Waals surface area contributed by atoms with Gasteiger partial charge in [0.2, 0.25) is 5.95 Å². The van der Waals surface area contributed by atoms with E-state index in [1.54, 1.807) is 41.4 Å². The van der Waals surface area contributed by atoms with E-state index in [1.165, 1.54) is 10.6 Å². The lowest BCUT2D eigenvalue weighted by Gasteiger charge is -2.26. The summed E-state index contributed by atoms with van der Waals surface area (Å²) in [6, 6.07) is 9.65. The molecule has 8 nitrogen and oxygen atoms in total. The number of imidazole rings is 2. The molecule has 0 saturated carbocycles. The maximum atomic E-state index is 14.3. The van der Waals surface area contributed by atoms with Gasteiger partial charge in [-0.15, -0.1) is 0 Å². The molecule has 154 valence electrons. The van der Waals surface area contributed by atoms with Crippen molar-refractivity contribution >= 4 is 33.8 Å². The van der Waals surface area contributed by atoms with Gasteiger partial charge in [0.15, 0.2) is 17.2 Å². The lowest BCUT2D eigenvalue weighted by Crippen LogP contribution is -2.28. The first kappa shape index (κ1) is 18.1. The van der Waals surface area contributed by atoms with E-state index in [4.69, 9.17) is 16.3 Å². The van der Waals surface area contributed by atoms with Crippen LogP contribution >= 0.6 is 11.6 Å². The Hall–Kier alpha value is -3.72. The molecule has 0 spiro atoms. The van der Waals surface area contributed by atoms with Gasteiger partial charge in [-0.3, -0.25) is 9.13 Å². The van der Waals surface area contributed by atoms with Crippen molar-refractivity contribution in [1.29, 1.82) is 0 Å². The molecule has 6 rings (SSSR count). The number of hydrogen-bond donors (Lipinski definition) is 1. The van der Waals surface area contributed by atoms with E-state index < -0.39 is 11.9 Å². The molecule has 0 unspecified atom stereocenters. The van der Waals surface area contributed by atoms with Crippen LogP contribution in [0.1, 0.15) is 18.0 Å². The average molecular weight is 437 g/mol. The molecule has 0 amide bonds. The first-order valence-corrected chi connectivity index (χ1v) is 9.99. The molecule has 1 aliphatic rings. The molecule has 5 aromatic rings. The Bertz CT molecular complexity index is 1540. The minimum atomic E-state index is -0.452. The lowest BCUT2D eigenvalue weighted by atomic mass is 10.00. The molecule has 0 bridgehead atoms. The molecule has 0 radical (unpaired) electrons. The zero-order valence-corrected chi connectivity index (χ0v) is 16.7. The molecule has 10 heteroatoms. The minimum Gasteiger partial charge on any atom is -0.490 e. The summed E-state index contributed by atoms with van der Waals surface area (Å²) in [7, 11) is 0. The van der Waals surface area contributed by atoms with Crippen molar-refractivity contribution in [2.75, 3.05) is 6.61 Å².